The molecule has 0 aliphatic heterocycles. The molecule has 2 nitrogen and oxygen atoms in total. The predicted octanol–water partition coefficient (Wildman–Crippen LogP) is 1.65. The minimum atomic E-state index is -2.56. The SMILES string of the molecule is Cc1ccc(C(N)C(F)F)nc1. The van der Waals surface area contributed by atoms with E-state index in [0.717, 1.165) is 5.56 Å². The van der Waals surface area contributed by atoms with Crippen LogP contribution in [0.2, 0.25) is 0 Å². The minimum Gasteiger partial charge on any atom is -0.318 e. The van der Waals surface area contributed by atoms with Gasteiger partial charge in [-0.15, -0.1) is 0 Å². The summed E-state index contributed by atoms with van der Waals surface area (Å²) < 4.78 is 24.1. The van der Waals surface area contributed by atoms with Crippen molar-refractivity contribution in [2.75, 3.05) is 0 Å². The van der Waals surface area contributed by atoms with Crippen molar-refractivity contribution in [3.8, 4) is 0 Å². The zero-order valence-electron chi connectivity index (χ0n) is 6.67. The predicted molar refractivity (Wildman–Crippen MR) is 41.9 cm³/mol. The zero-order chi connectivity index (χ0) is 9.14. The van der Waals surface area contributed by atoms with E-state index in [9.17, 15) is 8.78 Å². The van der Waals surface area contributed by atoms with Crippen LogP contribution in [0, 0.1) is 6.92 Å². The van der Waals surface area contributed by atoms with E-state index in [1.54, 1.807) is 6.07 Å². The van der Waals surface area contributed by atoms with Crippen molar-refractivity contribution in [1.29, 1.82) is 0 Å². The number of nitrogens with two attached hydrogens (primary N) is 1. The third-order valence-corrected chi connectivity index (χ3v) is 1.55. The first-order valence-corrected chi connectivity index (χ1v) is 3.57. The second-order valence-corrected chi connectivity index (χ2v) is 2.62. The van der Waals surface area contributed by atoms with Gasteiger partial charge in [0.05, 0.1) is 5.69 Å². The van der Waals surface area contributed by atoms with Crippen LogP contribution in [0.3, 0.4) is 0 Å². The summed E-state index contributed by atoms with van der Waals surface area (Å²) in [5, 5.41) is 0. The van der Waals surface area contributed by atoms with Crippen molar-refractivity contribution in [2.24, 2.45) is 5.73 Å². The maximum absolute atomic E-state index is 12.0. The summed E-state index contributed by atoms with van der Waals surface area (Å²) in [5.74, 6) is 0. The Morgan fingerprint density at radius 1 is 1.42 bits per heavy atom. The number of nitrogens with zero attached hydrogens (tertiary/aromatic N) is 1. The minimum absolute atomic E-state index is 0.232. The maximum atomic E-state index is 12.0. The number of hydrogen-bond acceptors (Lipinski definition) is 2. The fraction of sp³-hybridized carbons (Fsp3) is 0.375. The highest BCUT2D eigenvalue weighted by Gasteiger charge is 2.17. The van der Waals surface area contributed by atoms with E-state index < -0.39 is 12.5 Å². The van der Waals surface area contributed by atoms with Crippen LogP contribution in [0.4, 0.5) is 8.78 Å². The summed E-state index contributed by atoms with van der Waals surface area (Å²) in [6.45, 7) is 1.84. The molecular weight excluding hydrogens is 162 g/mol. The van der Waals surface area contributed by atoms with Crippen molar-refractivity contribution >= 4 is 0 Å². The van der Waals surface area contributed by atoms with Crippen LogP contribution in [0.15, 0.2) is 18.3 Å². The summed E-state index contributed by atoms with van der Waals surface area (Å²) >= 11 is 0. The van der Waals surface area contributed by atoms with Gasteiger partial charge in [-0.05, 0) is 18.6 Å². The summed E-state index contributed by atoms with van der Waals surface area (Å²) in [7, 11) is 0. The molecule has 1 rings (SSSR count). The number of alkyl halides is 2. The van der Waals surface area contributed by atoms with Crippen LogP contribution in [0.1, 0.15) is 17.3 Å². The fourth-order valence-corrected chi connectivity index (χ4v) is 0.806. The number of hydrogen-bond donors (Lipinski definition) is 1. The van der Waals surface area contributed by atoms with Crippen LogP contribution in [-0.2, 0) is 0 Å². The van der Waals surface area contributed by atoms with Crippen LogP contribution in [-0.4, -0.2) is 11.4 Å². The molecule has 1 unspecified atom stereocenters. The van der Waals surface area contributed by atoms with Crippen molar-refractivity contribution in [3.05, 3.63) is 29.6 Å². The van der Waals surface area contributed by atoms with Gasteiger partial charge in [0.2, 0.25) is 0 Å². The highest BCUT2D eigenvalue weighted by atomic mass is 19.3. The Bertz CT molecular complexity index is 246. The van der Waals surface area contributed by atoms with E-state index in [1.807, 2.05) is 6.92 Å². The molecule has 12 heavy (non-hydrogen) atoms. The molecule has 0 saturated carbocycles. The van der Waals surface area contributed by atoms with Crippen LogP contribution in [0.5, 0.6) is 0 Å². The maximum Gasteiger partial charge on any atom is 0.259 e. The number of aryl methyl sites for hydroxylation is 1. The Morgan fingerprint density at radius 3 is 2.50 bits per heavy atom. The van der Waals surface area contributed by atoms with E-state index in [1.165, 1.54) is 12.3 Å². The van der Waals surface area contributed by atoms with Crippen molar-refractivity contribution in [2.45, 2.75) is 19.4 Å². The molecule has 0 radical (unpaired) electrons. The third-order valence-electron chi connectivity index (χ3n) is 1.55. The Balaban J connectivity index is 2.82. The molecule has 0 aliphatic rings. The Morgan fingerprint density at radius 2 is 2.08 bits per heavy atom. The summed E-state index contributed by atoms with van der Waals surface area (Å²) in [6.07, 6.45) is -1.03. The zero-order valence-corrected chi connectivity index (χ0v) is 6.67. The first-order valence-electron chi connectivity index (χ1n) is 3.57. The Labute approximate surface area is 69.4 Å². The third kappa shape index (κ3) is 1.98. The number of aromatic nitrogens is 1. The highest BCUT2D eigenvalue weighted by Crippen LogP contribution is 2.15. The molecule has 0 amide bonds. The molecule has 66 valence electrons. The van der Waals surface area contributed by atoms with Crippen molar-refractivity contribution in [3.63, 3.8) is 0 Å². The highest BCUT2D eigenvalue weighted by molar-refractivity contribution is 5.15. The average molecular weight is 172 g/mol. The molecule has 0 spiro atoms. The van der Waals surface area contributed by atoms with Crippen LogP contribution >= 0.6 is 0 Å². The van der Waals surface area contributed by atoms with Gasteiger partial charge >= 0.3 is 0 Å². The monoisotopic (exact) mass is 172 g/mol. The smallest absolute Gasteiger partial charge is 0.259 e. The Kier molecular flexibility index (Phi) is 2.70. The van der Waals surface area contributed by atoms with Gasteiger partial charge in [-0.1, -0.05) is 6.07 Å². The molecule has 1 aromatic heterocycles. The van der Waals surface area contributed by atoms with Crippen molar-refractivity contribution < 1.29 is 8.78 Å². The first-order chi connectivity index (χ1) is 5.61. The summed E-state index contributed by atoms with van der Waals surface area (Å²) in [4.78, 5) is 3.79. The number of halogens is 2. The van der Waals surface area contributed by atoms with Gasteiger partial charge in [-0.2, -0.15) is 0 Å². The molecule has 0 bridgehead atoms. The standard InChI is InChI=1S/C8H10F2N2/c1-5-2-3-6(12-4-5)7(11)8(9)10/h2-4,7-8H,11H2,1H3. The van der Waals surface area contributed by atoms with Crippen LogP contribution < -0.4 is 5.73 Å². The molecule has 0 aliphatic carbocycles. The van der Waals surface area contributed by atoms with Crippen molar-refractivity contribution in [1.82, 2.24) is 4.98 Å². The van der Waals surface area contributed by atoms with Gasteiger partial charge < -0.3 is 5.73 Å². The molecule has 0 saturated heterocycles. The number of pyridine rings is 1. The lowest BCUT2D eigenvalue weighted by atomic mass is 10.2. The second-order valence-electron chi connectivity index (χ2n) is 2.62. The molecule has 4 heteroatoms. The number of rotatable bonds is 2. The molecule has 1 atom stereocenters. The lowest BCUT2D eigenvalue weighted by Crippen LogP contribution is -2.19. The molecular formula is C8H10F2N2. The lowest BCUT2D eigenvalue weighted by molar-refractivity contribution is 0.114. The quantitative estimate of drug-likeness (QED) is 0.736. The molecule has 2 N–H and O–H groups in total. The van der Waals surface area contributed by atoms with Gasteiger partial charge in [0.15, 0.2) is 0 Å². The van der Waals surface area contributed by atoms with E-state index in [2.05, 4.69) is 4.98 Å². The van der Waals surface area contributed by atoms with E-state index in [-0.39, 0.29) is 5.69 Å². The van der Waals surface area contributed by atoms with Gasteiger partial charge in [0, 0.05) is 6.20 Å². The molecule has 1 heterocycles. The Hall–Kier alpha value is -1.03. The van der Waals surface area contributed by atoms with E-state index in [0.29, 0.717) is 0 Å². The summed E-state index contributed by atoms with van der Waals surface area (Å²) in [6, 6.07) is 1.96. The average Bonchev–Trinajstić information content (AvgIpc) is 2.04. The van der Waals surface area contributed by atoms with Crippen LogP contribution in [0.25, 0.3) is 0 Å². The van der Waals surface area contributed by atoms with Gasteiger partial charge in [-0.3, -0.25) is 4.98 Å². The second kappa shape index (κ2) is 3.58. The molecule has 0 fully saturated rings. The molecule has 1 aromatic rings. The normalized spacial score (nSPS) is 13.4. The largest absolute Gasteiger partial charge is 0.318 e. The summed E-state index contributed by atoms with van der Waals surface area (Å²) in [5.41, 5.74) is 6.34. The first kappa shape index (κ1) is 9.06. The van der Waals surface area contributed by atoms with Gasteiger partial charge in [-0.25, -0.2) is 8.78 Å². The van der Waals surface area contributed by atoms with E-state index in [4.69, 9.17) is 5.73 Å². The fourth-order valence-electron chi connectivity index (χ4n) is 0.806. The van der Waals surface area contributed by atoms with E-state index >= 15 is 0 Å². The topological polar surface area (TPSA) is 38.9 Å². The lowest BCUT2D eigenvalue weighted by Gasteiger charge is -2.08. The van der Waals surface area contributed by atoms with Gasteiger partial charge in [0.1, 0.15) is 6.04 Å². The molecule has 0 aromatic carbocycles. The van der Waals surface area contributed by atoms with Gasteiger partial charge in [0.25, 0.3) is 6.43 Å².